The number of fused-ring (bicyclic) bond motifs is 3. The van der Waals surface area contributed by atoms with Crippen LogP contribution in [0.5, 0.6) is 11.8 Å². The van der Waals surface area contributed by atoms with Crippen LogP contribution in [0.15, 0.2) is 36.4 Å². The molecule has 1 aromatic heterocycles. The van der Waals surface area contributed by atoms with Gasteiger partial charge in [0.1, 0.15) is 35.7 Å². The fourth-order valence-corrected chi connectivity index (χ4v) is 7.94. The van der Waals surface area contributed by atoms with Gasteiger partial charge in [-0.1, -0.05) is 19.1 Å². The summed E-state index contributed by atoms with van der Waals surface area (Å²) in [4.78, 5) is 13.5. The number of halogens is 3. The van der Waals surface area contributed by atoms with Gasteiger partial charge in [-0.15, -0.1) is 0 Å². The standard InChI is InChI=1S/C36H41F3N4O4/c1-4-25-29(38)10-7-22-15-24(47-21-45-3)16-28(30(22)25)26-8-9-27-32(31(26)39)40-34(41-33(27)42-13-5-11-35(2,44)19-42)46-20-36-12-6-14-43(36)18-23(37)17-36/h7-10,15-16,23,44H,4-6,11-14,17-21H2,1-3H3/t23-,35-,36+/m1/s1. The molecule has 3 fully saturated rings. The quantitative estimate of drug-likeness (QED) is 0.204. The van der Waals surface area contributed by atoms with Crippen LogP contribution >= 0.6 is 0 Å². The van der Waals surface area contributed by atoms with E-state index in [-0.39, 0.29) is 36.3 Å². The van der Waals surface area contributed by atoms with Crippen LogP contribution < -0.4 is 14.4 Å². The number of β-amino-alcohol motifs (C(OH)–C–C–N with tert-alkyl or cyclic N) is 1. The molecule has 0 radical (unpaired) electrons. The van der Waals surface area contributed by atoms with Gasteiger partial charge in [-0.2, -0.15) is 9.97 Å². The van der Waals surface area contributed by atoms with Crippen molar-refractivity contribution in [2.45, 2.75) is 69.7 Å². The van der Waals surface area contributed by atoms with Gasteiger partial charge >= 0.3 is 6.01 Å². The zero-order valence-corrected chi connectivity index (χ0v) is 27.1. The van der Waals surface area contributed by atoms with E-state index < -0.39 is 23.1 Å². The fourth-order valence-electron chi connectivity index (χ4n) is 7.94. The number of aryl methyl sites for hydroxylation is 1. The van der Waals surface area contributed by atoms with Crippen molar-refractivity contribution >= 4 is 27.5 Å². The van der Waals surface area contributed by atoms with E-state index in [1.807, 2.05) is 11.8 Å². The number of rotatable bonds is 9. The molecule has 3 aliphatic heterocycles. The Balaban J connectivity index is 1.38. The SMILES string of the molecule is CCc1c(F)ccc2cc(OCOC)cc(-c3ccc4c(N5CCC[C@@](C)(O)C5)nc(OC[C@@]56CCCN5C[C@H](F)C6)nc4c3F)c12. The second-order valence-electron chi connectivity index (χ2n) is 13.5. The second kappa shape index (κ2) is 12.4. The molecular weight excluding hydrogens is 609 g/mol. The van der Waals surface area contributed by atoms with E-state index in [1.54, 1.807) is 37.3 Å². The van der Waals surface area contributed by atoms with Crippen molar-refractivity contribution in [3.63, 3.8) is 0 Å². The molecule has 0 amide bonds. The third-order valence-corrected chi connectivity index (χ3v) is 10.1. The maximum Gasteiger partial charge on any atom is 0.319 e. The highest BCUT2D eigenvalue weighted by Crippen LogP contribution is 2.43. The summed E-state index contributed by atoms with van der Waals surface area (Å²) in [5, 5.41) is 12.7. The first-order valence-electron chi connectivity index (χ1n) is 16.5. The van der Waals surface area contributed by atoms with E-state index in [0.717, 1.165) is 25.8 Å². The van der Waals surface area contributed by atoms with Crippen LogP contribution in [0, 0.1) is 11.6 Å². The number of ether oxygens (including phenoxy) is 3. The van der Waals surface area contributed by atoms with E-state index in [1.165, 1.54) is 13.2 Å². The van der Waals surface area contributed by atoms with Gasteiger partial charge in [-0.05, 0) is 91.7 Å². The van der Waals surface area contributed by atoms with Crippen LogP contribution in [0.4, 0.5) is 19.0 Å². The molecule has 0 saturated carbocycles. The minimum absolute atomic E-state index is 0.000345. The highest BCUT2D eigenvalue weighted by molar-refractivity contribution is 6.03. The van der Waals surface area contributed by atoms with E-state index in [4.69, 9.17) is 19.2 Å². The lowest BCUT2D eigenvalue weighted by Crippen LogP contribution is -2.46. The number of hydrogen-bond acceptors (Lipinski definition) is 8. The Kier molecular flexibility index (Phi) is 8.42. The van der Waals surface area contributed by atoms with Gasteiger partial charge in [0.15, 0.2) is 12.6 Å². The number of anilines is 1. The molecule has 4 aromatic rings. The summed E-state index contributed by atoms with van der Waals surface area (Å²) in [7, 11) is 1.51. The molecule has 7 rings (SSSR count). The van der Waals surface area contributed by atoms with Crippen molar-refractivity contribution in [1.29, 1.82) is 0 Å². The Morgan fingerprint density at radius 3 is 2.64 bits per heavy atom. The normalized spacial score (nSPS) is 24.7. The van der Waals surface area contributed by atoms with E-state index in [2.05, 4.69) is 9.88 Å². The summed E-state index contributed by atoms with van der Waals surface area (Å²) in [6.45, 7) is 5.97. The van der Waals surface area contributed by atoms with Crippen molar-refractivity contribution in [1.82, 2.24) is 14.9 Å². The van der Waals surface area contributed by atoms with Crippen LogP contribution in [0.1, 0.15) is 51.5 Å². The number of alkyl halides is 1. The van der Waals surface area contributed by atoms with Crippen LogP contribution in [-0.4, -0.2) is 84.0 Å². The predicted molar refractivity (Wildman–Crippen MR) is 175 cm³/mol. The number of methoxy groups -OCH3 is 1. The predicted octanol–water partition coefficient (Wildman–Crippen LogP) is 6.58. The van der Waals surface area contributed by atoms with Crippen molar-refractivity contribution in [3.8, 4) is 22.9 Å². The summed E-state index contributed by atoms with van der Waals surface area (Å²) >= 11 is 0. The number of hydrogen-bond donors (Lipinski definition) is 1. The summed E-state index contributed by atoms with van der Waals surface area (Å²) in [6, 6.07) is 10.0. The molecule has 0 aliphatic carbocycles. The first-order valence-corrected chi connectivity index (χ1v) is 16.5. The molecule has 4 heterocycles. The number of benzene rings is 3. The first kappa shape index (κ1) is 31.9. The van der Waals surface area contributed by atoms with Crippen molar-refractivity contribution < 1.29 is 32.5 Å². The van der Waals surface area contributed by atoms with Gasteiger partial charge in [0, 0.05) is 44.1 Å². The molecule has 3 atom stereocenters. The molecule has 3 aromatic carbocycles. The van der Waals surface area contributed by atoms with E-state index >= 15 is 8.78 Å². The molecule has 0 bridgehead atoms. The Morgan fingerprint density at radius 1 is 1.02 bits per heavy atom. The Bertz CT molecular complexity index is 1820. The molecular formula is C36H41F3N4O4. The minimum atomic E-state index is -0.944. The number of nitrogens with zero attached hydrogens (tertiary/aromatic N) is 4. The highest BCUT2D eigenvalue weighted by Gasteiger charge is 2.49. The van der Waals surface area contributed by atoms with Crippen molar-refractivity contribution in [3.05, 3.63) is 53.6 Å². The molecule has 11 heteroatoms. The number of piperidine rings is 1. The van der Waals surface area contributed by atoms with Crippen LogP contribution in [0.3, 0.4) is 0 Å². The van der Waals surface area contributed by atoms with Crippen molar-refractivity contribution in [2.75, 3.05) is 51.6 Å². The average Bonchev–Trinajstić information content (AvgIpc) is 3.57. The maximum absolute atomic E-state index is 17.1. The third kappa shape index (κ3) is 5.87. The zero-order valence-electron chi connectivity index (χ0n) is 27.1. The summed E-state index contributed by atoms with van der Waals surface area (Å²) in [6.07, 6.45) is 3.01. The van der Waals surface area contributed by atoms with Crippen molar-refractivity contribution in [2.24, 2.45) is 0 Å². The maximum atomic E-state index is 17.1. The summed E-state index contributed by atoms with van der Waals surface area (Å²) in [5.74, 6) is -0.0586. The smallest absolute Gasteiger partial charge is 0.319 e. The number of aliphatic hydroxyl groups is 1. The molecule has 3 aliphatic rings. The second-order valence-corrected chi connectivity index (χ2v) is 13.5. The fraction of sp³-hybridized carbons (Fsp3) is 0.500. The van der Waals surface area contributed by atoms with Crippen LogP contribution in [0.25, 0.3) is 32.8 Å². The van der Waals surface area contributed by atoms with Gasteiger partial charge in [-0.3, -0.25) is 4.90 Å². The number of aromatic nitrogens is 2. The topological polar surface area (TPSA) is 80.2 Å². The lowest BCUT2D eigenvalue weighted by molar-refractivity contribution is 0.0447. The lowest BCUT2D eigenvalue weighted by Gasteiger charge is -2.38. The molecule has 3 saturated heterocycles. The monoisotopic (exact) mass is 650 g/mol. The molecule has 47 heavy (non-hydrogen) atoms. The lowest BCUT2D eigenvalue weighted by atomic mass is 9.91. The van der Waals surface area contributed by atoms with Crippen LogP contribution in [-0.2, 0) is 11.2 Å². The van der Waals surface area contributed by atoms with E-state index in [0.29, 0.717) is 77.7 Å². The minimum Gasteiger partial charge on any atom is -0.468 e. The highest BCUT2D eigenvalue weighted by atomic mass is 19.1. The molecule has 0 unspecified atom stereocenters. The molecule has 8 nitrogen and oxygen atoms in total. The molecule has 1 N–H and O–H groups in total. The summed E-state index contributed by atoms with van der Waals surface area (Å²) in [5.41, 5.74) is -0.164. The van der Waals surface area contributed by atoms with Gasteiger partial charge in [0.25, 0.3) is 0 Å². The van der Waals surface area contributed by atoms with E-state index in [9.17, 15) is 9.50 Å². The zero-order chi connectivity index (χ0) is 32.9. The average molecular weight is 651 g/mol. The van der Waals surface area contributed by atoms with Gasteiger partial charge in [0.05, 0.1) is 11.1 Å². The largest absolute Gasteiger partial charge is 0.468 e. The first-order chi connectivity index (χ1) is 22.6. The van der Waals surface area contributed by atoms with Crippen LogP contribution in [0.2, 0.25) is 0 Å². The summed E-state index contributed by atoms with van der Waals surface area (Å²) < 4.78 is 63.8. The molecule has 250 valence electrons. The third-order valence-electron chi connectivity index (χ3n) is 10.1. The molecule has 0 spiro atoms. The van der Waals surface area contributed by atoms with Gasteiger partial charge < -0.3 is 24.2 Å². The Morgan fingerprint density at radius 2 is 1.85 bits per heavy atom. The van der Waals surface area contributed by atoms with Gasteiger partial charge in [0.2, 0.25) is 0 Å². The van der Waals surface area contributed by atoms with Gasteiger partial charge in [-0.25, -0.2) is 13.2 Å². The Labute approximate surface area is 272 Å². The Hall–Kier alpha value is -3.67.